The summed E-state index contributed by atoms with van der Waals surface area (Å²) in [4.78, 5) is 23.7. The van der Waals surface area contributed by atoms with E-state index in [-0.39, 0.29) is 18.4 Å². The summed E-state index contributed by atoms with van der Waals surface area (Å²) in [7, 11) is 0. The summed E-state index contributed by atoms with van der Waals surface area (Å²) < 4.78 is 5.35. The fraction of sp³-hybridized carbons (Fsp3) is 0.333. The highest BCUT2D eigenvalue weighted by Gasteiger charge is 2.29. The standard InChI is InChI=1S/C21H24N2O3/c22-13-7-1-2-12-20(24)23-21(25)26-14-19-17-10-5-3-8-15(17)16-9-4-6-11-18(16)19/h3-6,8-11,19H,1-2,7,12-14,22H2,(H,23,24,25). The molecule has 1 aliphatic carbocycles. The van der Waals surface area contributed by atoms with Crippen molar-refractivity contribution in [1.82, 2.24) is 5.32 Å². The Kier molecular flexibility index (Phi) is 6.02. The Labute approximate surface area is 153 Å². The first-order valence-corrected chi connectivity index (χ1v) is 9.05. The minimum Gasteiger partial charge on any atom is -0.448 e. The lowest BCUT2D eigenvalue weighted by Crippen LogP contribution is -2.31. The topological polar surface area (TPSA) is 81.4 Å². The van der Waals surface area contributed by atoms with Gasteiger partial charge in [-0.15, -0.1) is 0 Å². The van der Waals surface area contributed by atoms with Crippen LogP contribution in [-0.2, 0) is 9.53 Å². The van der Waals surface area contributed by atoms with E-state index in [1.807, 2.05) is 24.3 Å². The maximum atomic E-state index is 11.9. The number of hydrogen-bond acceptors (Lipinski definition) is 4. The van der Waals surface area contributed by atoms with Crippen LogP contribution in [0.1, 0.15) is 42.7 Å². The van der Waals surface area contributed by atoms with E-state index in [2.05, 4.69) is 29.6 Å². The Morgan fingerprint density at radius 1 is 0.923 bits per heavy atom. The van der Waals surface area contributed by atoms with E-state index in [1.165, 1.54) is 11.1 Å². The van der Waals surface area contributed by atoms with Gasteiger partial charge in [-0.3, -0.25) is 10.1 Å². The molecule has 0 atom stereocenters. The van der Waals surface area contributed by atoms with E-state index in [4.69, 9.17) is 10.5 Å². The van der Waals surface area contributed by atoms with E-state index in [1.54, 1.807) is 0 Å². The van der Waals surface area contributed by atoms with Gasteiger partial charge in [-0.2, -0.15) is 0 Å². The molecule has 0 heterocycles. The molecule has 2 amide bonds. The second-order valence-electron chi connectivity index (χ2n) is 6.47. The molecule has 3 N–H and O–H groups in total. The summed E-state index contributed by atoms with van der Waals surface area (Å²) in [6.07, 6.45) is 2.12. The van der Waals surface area contributed by atoms with Crippen LogP contribution in [-0.4, -0.2) is 25.2 Å². The summed E-state index contributed by atoms with van der Waals surface area (Å²) in [6.45, 7) is 0.828. The lowest BCUT2D eigenvalue weighted by molar-refractivity contribution is -0.120. The number of carbonyl (C=O) groups is 2. The van der Waals surface area contributed by atoms with Crippen LogP contribution >= 0.6 is 0 Å². The van der Waals surface area contributed by atoms with Gasteiger partial charge in [0.2, 0.25) is 5.91 Å². The SMILES string of the molecule is NCCCCCC(=O)NC(=O)OCC1c2ccccc2-c2ccccc21. The molecule has 2 aromatic carbocycles. The average molecular weight is 352 g/mol. The number of imide groups is 1. The largest absolute Gasteiger partial charge is 0.448 e. The van der Waals surface area contributed by atoms with Gasteiger partial charge in [-0.25, -0.2) is 4.79 Å². The number of benzene rings is 2. The predicted molar refractivity (Wildman–Crippen MR) is 101 cm³/mol. The minimum atomic E-state index is -0.685. The molecule has 1 aliphatic rings. The molecule has 0 saturated carbocycles. The summed E-state index contributed by atoms with van der Waals surface area (Å²) in [5, 5.41) is 2.30. The molecule has 0 unspecified atom stereocenters. The van der Waals surface area contributed by atoms with Gasteiger partial charge in [-0.1, -0.05) is 55.0 Å². The Bertz CT molecular complexity index is 743. The number of nitrogens with two attached hydrogens (primary N) is 1. The normalized spacial score (nSPS) is 12.3. The first kappa shape index (κ1) is 18.1. The van der Waals surface area contributed by atoms with Crippen molar-refractivity contribution in [3.63, 3.8) is 0 Å². The number of nitrogens with one attached hydrogen (secondary N) is 1. The quantitative estimate of drug-likeness (QED) is 0.747. The number of unbranched alkanes of at least 4 members (excludes halogenated alkanes) is 2. The van der Waals surface area contributed by atoms with Crippen LogP contribution < -0.4 is 11.1 Å². The Morgan fingerprint density at radius 2 is 1.54 bits per heavy atom. The highest BCUT2D eigenvalue weighted by Crippen LogP contribution is 2.44. The van der Waals surface area contributed by atoms with E-state index in [0.29, 0.717) is 13.0 Å². The number of alkyl carbamates (subject to hydrolysis) is 1. The molecule has 0 aromatic heterocycles. The zero-order valence-electron chi connectivity index (χ0n) is 14.7. The molecule has 0 fully saturated rings. The average Bonchev–Trinajstić information content (AvgIpc) is 2.98. The molecule has 5 heteroatoms. The molecule has 3 rings (SSSR count). The summed E-state index contributed by atoms with van der Waals surface area (Å²) in [6, 6.07) is 16.3. The molecule has 2 aromatic rings. The monoisotopic (exact) mass is 352 g/mol. The molecule has 136 valence electrons. The van der Waals surface area contributed by atoms with Crippen LogP contribution in [0.15, 0.2) is 48.5 Å². The number of rotatable bonds is 7. The molecule has 0 spiro atoms. The van der Waals surface area contributed by atoms with Gasteiger partial charge in [-0.05, 0) is 41.6 Å². The third-order valence-corrected chi connectivity index (χ3v) is 4.69. The zero-order valence-corrected chi connectivity index (χ0v) is 14.7. The van der Waals surface area contributed by atoms with Crippen LogP contribution in [0.5, 0.6) is 0 Å². The van der Waals surface area contributed by atoms with Crippen LogP contribution in [0.3, 0.4) is 0 Å². The van der Waals surface area contributed by atoms with Crippen molar-refractivity contribution in [2.75, 3.05) is 13.2 Å². The van der Waals surface area contributed by atoms with Crippen molar-refractivity contribution in [3.05, 3.63) is 59.7 Å². The molecule has 26 heavy (non-hydrogen) atoms. The molecular weight excluding hydrogens is 328 g/mol. The highest BCUT2D eigenvalue weighted by atomic mass is 16.5. The molecule has 5 nitrogen and oxygen atoms in total. The van der Waals surface area contributed by atoms with Crippen LogP contribution in [0.25, 0.3) is 11.1 Å². The van der Waals surface area contributed by atoms with Crippen molar-refractivity contribution < 1.29 is 14.3 Å². The predicted octanol–water partition coefficient (Wildman–Crippen LogP) is 3.57. The van der Waals surface area contributed by atoms with Gasteiger partial charge in [0.25, 0.3) is 0 Å². The van der Waals surface area contributed by atoms with Crippen molar-refractivity contribution in [3.8, 4) is 11.1 Å². The minimum absolute atomic E-state index is 0.00666. The van der Waals surface area contributed by atoms with Crippen LogP contribution in [0.4, 0.5) is 4.79 Å². The van der Waals surface area contributed by atoms with Gasteiger partial charge in [0.15, 0.2) is 0 Å². The Morgan fingerprint density at radius 3 is 2.15 bits per heavy atom. The third-order valence-electron chi connectivity index (χ3n) is 4.69. The second kappa shape index (κ2) is 8.63. The van der Waals surface area contributed by atoms with Gasteiger partial charge in [0.1, 0.15) is 6.61 Å². The van der Waals surface area contributed by atoms with E-state index in [9.17, 15) is 9.59 Å². The summed E-state index contributed by atoms with van der Waals surface area (Å²) >= 11 is 0. The molecule has 0 saturated heterocycles. The first-order valence-electron chi connectivity index (χ1n) is 9.05. The smallest absolute Gasteiger partial charge is 0.413 e. The highest BCUT2D eigenvalue weighted by molar-refractivity contribution is 5.91. The van der Waals surface area contributed by atoms with Crippen molar-refractivity contribution in [2.24, 2.45) is 5.73 Å². The number of fused-ring (bicyclic) bond motifs is 3. The lowest BCUT2D eigenvalue weighted by atomic mass is 9.98. The van der Waals surface area contributed by atoms with E-state index in [0.717, 1.165) is 30.4 Å². The van der Waals surface area contributed by atoms with Crippen LogP contribution in [0.2, 0.25) is 0 Å². The number of carbonyl (C=O) groups excluding carboxylic acids is 2. The van der Waals surface area contributed by atoms with Crippen LogP contribution in [0, 0.1) is 0 Å². The Balaban J connectivity index is 1.56. The Hall–Kier alpha value is -2.66. The number of ether oxygens (including phenoxy) is 1. The second-order valence-corrected chi connectivity index (χ2v) is 6.47. The molecule has 0 aliphatic heterocycles. The molecular formula is C21H24N2O3. The summed E-state index contributed by atoms with van der Waals surface area (Å²) in [5.74, 6) is -0.313. The van der Waals surface area contributed by atoms with Crippen molar-refractivity contribution in [2.45, 2.75) is 31.6 Å². The van der Waals surface area contributed by atoms with Crippen molar-refractivity contribution in [1.29, 1.82) is 0 Å². The van der Waals surface area contributed by atoms with E-state index < -0.39 is 6.09 Å². The molecule has 0 radical (unpaired) electrons. The van der Waals surface area contributed by atoms with Gasteiger partial charge < -0.3 is 10.5 Å². The first-order chi connectivity index (χ1) is 12.7. The number of hydrogen-bond donors (Lipinski definition) is 2. The van der Waals surface area contributed by atoms with Gasteiger partial charge in [0.05, 0.1) is 0 Å². The zero-order chi connectivity index (χ0) is 18.4. The molecule has 0 bridgehead atoms. The fourth-order valence-electron chi connectivity index (χ4n) is 3.42. The maximum Gasteiger partial charge on any atom is 0.413 e. The van der Waals surface area contributed by atoms with Gasteiger partial charge in [0, 0.05) is 12.3 Å². The lowest BCUT2D eigenvalue weighted by Gasteiger charge is -2.14. The fourth-order valence-corrected chi connectivity index (χ4v) is 3.42. The third kappa shape index (κ3) is 4.11. The van der Waals surface area contributed by atoms with Crippen molar-refractivity contribution >= 4 is 12.0 Å². The number of amides is 2. The van der Waals surface area contributed by atoms with Gasteiger partial charge >= 0.3 is 6.09 Å². The maximum absolute atomic E-state index is 11.9. The summed E-state index contributed by atoms with van der Waals surface area (Å²) in [5.41, 5.74) is 10.1. The van der Waals surface area contributed by atoms with E-state index >= 15 is 0 Å².